The molecule has 4 heteroatoms. The van der Waals surface area contributed by atoms with E-state index in [-0.39, 0.29) is 9.41 Å². The van der Waals surface area contributed by atoms with Gasteiger partial charge in [-0.15, -0.1) is 0 Å². The van der Waals surface area contributed by atoms with Crippen molar-refractivity contribution < 1.29 is 23.6 Å². The molecule has 2 fully saturated rings. The molecule has 0 heterocycles. The molecule has 1 atom stereocenters. The molecular formula is C19H28ClFPPd. The van der Waals surface area contributed by atoms with Gasteiger partial charge in [0.1, 0.15) is 0 Å². The van der Waals surface area contributed by atoms with Gasteiger partial charge in [0.25, 0.3) is 0 Å². The summed E-state index contributed by atoms with van der Waals surface area (Å²) in [5.74, 6) is -0.132. The minimum atomic E-state index is -1.94. The SMILES string of the molecule is Fc1ccc([PH]([CH](Cl)[Pd])(C2CCCCC2)C2CCCCC2)cc1. The standard InChI is InChI=1S/C19H28ClFP.Pd/c20-15-22(17-7-3-1-4-8-17,18-9-5-2-6-10-18)19-13-11-16(21)12-14-19;/h11-15,17-18,22H,1-10H2;. The molecule has 1 aromatic rings. The molecule has 3 rings (SSSR count). The third kappa shape index (κ3) is 3.72. The maximum atomic E-state index is 13.5. The van der Waals surface area contributed by atoms with Crippen LogP contribution in [0, 0.1) is 5.82 Å². The molecule has 0 nitrogen and oxygen atoms in total. The van der Waals surface area contributed by atoms with Crippen LogP contribution in [0.25, 0.3) is 0 Å². The molecule has 0 aliphatic heterocycles. The summed E-state index contributed by atoms with van der Waals surface area (Å²) in [4.78, 5) is 0. The molecule has 0 bridgehead atoms. The van der Waals surface area contributed by atoms with E-state index in [9.17, 15) is 4.39 Å². The van der Waals surface area contributed by atoms with Gasteiger partial charge in [0.05, 0.1) is 0 Å². The van der Waals surface area contributed by atoms with Gasteiger partial charge in [0.2, 0.25) is 0 Å². The third-order valence-corrected chi connectivity index (χ3v) is 15.4. The van der Waals surface area contributed by atoms with Crippen molar-refractivity contribution in [3.05, 3.63) is 30.1 Å². The Bertz CT molecular complexity index is 475. The molecule has 2 saturated carbocycles. The molecule has 2 aliphatic carbocycles. The fraction of sp³-hybridized carbons (Fsp3) is 0.684. The van der Waals surface area contributed by atoms with Crippen molar-refractivity contribution in [1.29, 1.82) is 0 Å². The first-order valence-corrected chi connectivity index (χ1v) is 12.7. The van der Waals surface area contributed by atoms with Crippen molar-refractivity contribution in [2.75, 3.05) is 0 Å². The van der Waals surface area contributed by atoms with Crippen LogP contribution in [0.5, 0.6) is 0 Å². The molecule has 1 unspecified atom stereocenters. The van der Waals surface area contributed by atoms with Crippen LogP contribution in [0.3, 0.4) is 0 Å². The molecule has 0 amide bonds. The minimum absolute atomic E-state index is 0.0853. The van der Waals surface area contributed by atoms with Crippen LogP contribution in [0.1, 0.15) is 64.2 Å². The van der Waals surface area contributed by atoms with Gasteiger partial charge in [-0.05, 0) is 0 Å². The van der Waals surface area contributed by atoms with Gasteiger partial charge in [-0.3, -0.25) is 0 Å². The molecule has 0 radical (unpaired) electrons. The van der Waals surface area contributed by atoms with Gasteiger partial charge in [-0.2, -0.15) is 0 Å². The Hall–Kier alpha value is 0.532. The number of halogens is 2. The first kappa shape index (κ1) is 18.3. The van der Waals surface area contributed by atoms with E-state index in [1.165, 1.54) is 69.5 Å². The number of alkyl halides is 1. The Balaban J connectivity index is 2.06. The number of benzene rings is 1. The summed E-state index contributed by atoms with van der Waals surface area (Å²) in [7, 11) is -1.94. The summed E-state index contributed by atoms with van der Waals surface area (Å²) in [6, 6.07) is 7.43. The fourth-order valence-corrected chi connectivity index (χ4v) is 15.5. The van der Waals surface area contributed by atoms with Gasteiger partial charge < -0.3 is 0 Å². The molecule has 2 aliphatic rings. The van der Waals surface area contributed by atoms with Crippen molar-refractivity contribution in [2.45, 2.75) is 79.1 Å². The van der Waals surface area contributed by atoms with Crippen molar-refractivity contribution in [1.82, 2.24) is 0 Å². The van der Waals surface area contributed by atoms with Gasteiger partial charge in [0, 0.05) is 0 Å². The quantitative estimate of drug-likeness (QED) is 0.304. The molecule has 0 spiro atoms. The van der Waals surface area contributed by atoms with E-state index in [1.54, 1.807) is 12.1 Å². The summed E-state index contributed by atoms with van der Waals surface area (Å²) in [6.45, 7) is 0. The van der Waals surface area contributed by atoms with Crippen molar-refractivity contribution in [3.63, 3.8) is 0 Å². The first-order valence-electron chi connectivity index (χ1n) is 9.16. The van der Waals surface area contributed by atoms with Gasteiger partial charge in [0.15, 0.2) is 0 Å². The fourth-order valence-electron chi connectivity index (χ4n) is 5.15. The van der Waals surface area contributed by atoms with Gasteiger partial charge in [-0.1, -0.05) is 0 Å². The topological polar surface area (TPSA) is 0 Å². The predicted molar refractivity (Wildman–Crippen MR) is 97.7 cm³/mol. The summed E-state index contributed by atoms with van der Waals surface area (Å²) >= 11 is 10.5. The van der Waals surface area contributed by atoms with Crippen molar-refractivity contribution in [3.8, 4) is 0 Å². The Morgan fingerprint density at radius 1 is 0.870 bits per heavy atom. The summed E-state index contributed by atoms with van der Waals surface area (Å²) in [5.41, 5.74) is 1.50. The van der Waals surface area contributed by atoms with Crippen LogP contribution in [0.4, 0.5) is 4.39 Å². The first-order chi connectivity index (χ1) is 11.2. The monoisotopic (exact) mass is 447 g/mol. The summed E-state index contributed by atoms with van der Waals surface area (Å²) in [6.07, 6.45) is 13.4. The van der Waals surface area contributed by atoms with E-state index in [4.69, 9.17) is 11.6 Å². The molecule has 23 heavy (non-hydrogen) atoms. The van der Waals surface area contributed by atoms with Crippen LogP contribution < -0.4 is 5.30 Å². The van der Waals surface area contributed by atoms with E-state index in [2.05, 4.69) is 31.3 Å². The van der Waals surface area contributed by atoms with Crippen LogP contribution in [-0.4, -0.2) is 14.9 Å². The predicted octanol–water partition coefficient (Wildman–Crippen LogP) is 5.94. The molecule has 0 aromatic heterocycles. The normalized spacial score (nSPS) is 23.7. The summed E-state index contributed by atoms with van der Waals surface area (Å²) < 4.78 is 13.6. The third-order valence-electron chi connectivity index (χ3n) is 6.24. The van der Waals surface area contributed by atoms with Crippen LogP contribution in [0.2, 0.25) is 0 Å². The molecule has 0 N–H and O–H groups in total. The van der Waals surface area contributed by atoms with Gasteiger partial charge in [-0.25, -0.2) is 0 Å². The Morgan fingerprint density at radius 2 is 1.30 bits per heavy atom. The second kappa shape index (κ2) is 8.27. The number of hydrogen-bond acceptors (Lipinski definition) is 0. The van der Waals surface area contributed by atoms with Crippen LogP contribution in [0.15, 0.2) is 24.3 Å². The van der Waals surface area contributed by atoms with E-state index in [0.29, 0.717) is 0 Å². The summed E-state index contributed by atoms with van der Waals surface area (Å²) in [5, 5.41) is 1.39. The second-order valence-corrected chi connectivity index (χ2v) is 15.0. The Morgan fingerprint density at radius 3 is 1.70 bits per heavy atom. The molecular weight excluding hydrogens is 420 g/mol. The van der Waals surface area contributed by atoms with E-state index in [1.807, 2.05) is 0 Å². The van der Waals surface area contributed by atoms with Crippen LogP contribution >= 0.6 is 18.9 Å². The van der Waals surface area contributed by atoms with E-state index in [0.717, 1.165) is 11.3 Å². The zero-order chi connectivity index (χ0) is 16.3. The zero-order valence-electron chi connectivity index (χ0n) is 13.7. The van der Waals surface area contributed by atoms with E-state index >= 15 is 0 Å². The maximum absolute atomic E-state index is 13.5. The second-order valence-electron chi connectivity index (χ2n) is 7.38. The average molecular weight is 448 g/mol. The Kier molecular flexibility index (Phi) is 6.59. The molecule has 133 valence electrons. The zero-order valence-corrected chi connectivity index (χ0v) is 17.0. The number of rotatable bonds is 4. The average Bonchev–Trinajstić information content (AvgIpc) is 2.59. The Labute approximate surface area is 156 Å². The van der Waals surface area contributed by atoms with Gasteiger partial charge >= 0.3 is 157 Å². The molecule has 0 saturated heterocycles. The van der Waals surface area contributed by atoms with Crippen molar-refractivity contribution >= 4 is 24.2 Å². The number of hydrogen-bond donors (Lipinski definition) is 0. The molecule has 1 aromatic carbocycles. The van der Waals surface area contributed by atoms with E-state index < -0.39 is 7.26 Å². The van der Waals surface area contributed by atoms with Crippen molar-refractivity contribution in [2.24, 2.45) is 0 Å². The van der Waals surface area contributed by atoms with Crippen LogP contribution in [-0.2, 0) is 19.2 Å².